The quantitative estimate of drug-likeness (QED) is 0.513. The Bertz CT molecular complexity index is 260. The molecule has 12 heavy (non-hydrogen) atoms. The molecule has 1 heterocycles. The van der Waals surface area contributed by atoms with Crippen LogP contribution in [0.1, 0.15) is 27.7 Å². The molecule has 1 aliphatic heterocycles. The summed E-state index contributed by atoms with van der Waals surface area (Å²) in [6.07, 6.45) is 0. The van der Waals surface area contributed by atoms with Crippen LogP contribution in [-0.2, 0) is 9.53 Å². The van der Waals surface area contributed by atoms with Gasteiger partial charge in [-0.3, -0.25) is 4.79 Å². The molecule has 0 bridgehead atoms. The maximum atomic E-state index is 11.2. The minimum Gasteiger partial charge on any atom is -0.458 e. The Labute approximate surface area is 72.3 Å². The molecule has 1 saturated heterocycles. The molecule has 3 heteroatoms. The first-order valence-electron chi connectivity index (χ1n) is 3.95. The zero-order valence-corrected chi connectivity index (χ0v) is 7.84. The highest BCUT2D eigenvalue weighted by molar-refractivity contribution is 5.79. The van der Waals surface area contributed by atoms with Crippen molar-refractivity contribution in [3.8, 4) is 6.07 Å². The second-order valence-electron chi connectivity index (χ2n) is 4.22. The molecule has 0 N–H and O–H groups in total. The van der Waals surface area contributed by atoms with E-state index in [1.165, 1.54) is 0 Å². The molecule has 1 atom stereocenters. The van der Waals surface area contributed by atoms with Gasteiger partial charge >= 0.3 is 5.97 Å². The molecule has 0 aromatic heterocycles. The summed E-state index contributed by atoms with van der Waals surface area (Å²) < 4.78 is 5.11. The number of nitriles is 1. The van der Waals surface area contributed by atoms with Gasteiger partial charge in [-0.25, -0.2) is 0 Å². The third kappa shape index (κ3) is 0.911. The second kappa shape index (κ2) is 2.22. The maximum absolute atomic E-state index is 11.2. The molecule has 0 aromatic rings. The number of hydrogen-bond acceptors (Lipinski definition) is 3. The molecule has 3 nitrogen and oxygen atoms in total. The Kier molecular flexibility index (Phi) is 1.68. The van der Waals surface area contributed by atoms with E-state index in [1.807, 2.05) is 33.8 Å². The lowest BCUT2D eigenvalue weighted by molar-refractivity contribution is -0.148. The van der Waals surface area contributed by atoms with Gasteiger partial charge in [0.15, 0.2) is 5.92 Å². The lowest BCUT2D eigenvalue weighted by Gasteiger charge is -2.32. The summed E-state index contributed by atoms with van der Waals surface area (Å²) in [5.41, 5.74) is -0.941. The van der Waals surface area contributed by atoms with E-state index in [-0.39, 0.29) is 0 Å². The standard InChI is InChI=1S/C9H13NO2/c1-8(2)6(5-10)7(11)12-9(8,3)4/h6H,1-4H3/t6-/m0/s1. The van der Waals surface area contributed by atoms with E-state index in [9.17, 15) is 4.79 Å². The molecular weight excluding hydrogens is 154 g/mol. The van der Waals surface area contributed by atoms with Crippen molar-refractivity contribution in [1.29, 1.82) is 5.26 Å². The summed E-state index contributed by atoms with van der Waals surface area (Å²) in [6, 6.07) is 1.99. The Morgan fingerprint density at radius 3 is 2.08 bits per heavy atom. The maximum Gasteiger partial charge on any atom is 0.324 e. The van der Waals surface area contributed by atoms with Crippen LogP contribution in [0.4, 0.5) is 0 Å². The number of esters is 1. The predicted molar refractivity (Wildman–Crippen MR) is 43.1 cm³/mol. The van der Waals surface area contributed by atoms with Gasteiger partial charge in [-0.05, 0) is 13.8 Å². The molecule has 0 radical (unpaired) electrons. The minimum absolute atomic E-state index is 0.396. The Hall–Kier alpha value is -1.04. The molecule has 0 spiro atoms. The van der Waals surface area contributed by atoms with E-state index in [0.29, 0.717) is 0 Å². The molecule has 1 rings (SSSR count). The molecule has 1 fully saturated rings. The van der Waals surface area contributed by atoms with Crippen molar-refractivity contribution in [3.05, 3.63) is 0 Å². The van der Waals surface area contributed by atoms with Gasteiger partial charge in [-0.15, -0.1) is 0 Å². The number of hydrogen-bond donors (Lipinski definition) is 0. The number of rotatable bonds is 0. The van der Waals surface area contributed by atoms with Crippen molar-refractivity contribution < 1.29 is 9.53 Å². The SMILES string of the molecule is CC1(C)OC(=O)[C@H](C#N)C1(C)C. The predicted octanol–water partition coefficient (Wildman–Crippen LogP) is 1.49. The average Bonchev–Trinajstić information content (AvgIpc) is 1.99. The van der Waals surface area contributed by atoms with Crippen LogP contribution >= 0.6 is 0 Å². The minimum atomic E-state index is -0.632. The van der Waals surface area contributed by atoms with Crippen molar-refractivity contribution in [2.75, 3.05) is 0 Å². The average molecular weight is 167 g/mol. The monoisotopic (exact) mass is 167 g/mol. The highest BCUT2D eigenvalue weighted by Crippen LogP contribution is 2.46. The van der Waals surface area contributed by atoms with E-state index in [4.69, 9.17) is 10.00 Å². The van der Waals surface area contributed by atoms with Gasteiger partial charge in [0.05, 0.1) is 6.07 Å². The lowest BCUT2D eigenvalue weighted by atomic mass is 9.71. The van der Waals surface area contributed by atoms with Crippen LogP contribution < -0.4 is 0 Å². The first kappa shape index (κ1) is 9.05. The fourth-order valence-electron chi connectivity index (χ4n) is 1.30. The molecule has 0 saturated carbocycles. The summed E-state index contributed by atoms with van der Waals surface area (Å²) in [4.78, 5) is 11.2. The number of carbonyl (C=O) groups is 1. The topological polar surface area (TPSA) is 50.1 Å². The lowest BCUT2D eigenvalue weighted by Crippen LogP contribution is -2.37. The van der Waals surface area contributed by atoms with Crippen LogP contribution in [0, 0.1) is 22.7 Å². The first-order valence-corrected chi connectivity index (χ1v) is 3.95. The van der Waals surface area contributed by atoms with E-state index in [0.717, 1.165) is 0 Å². The van der Waals surface area contributed by atoms with Gasteiger partial charge in [-0.2, -0.15) is 5.26 Å². The Balaban J connectivity index is 3.11. The molecule has 0 aliphatic carbocycles. The van der Waals surface area contributed by atoms with Gasteiger partial charge in [0.1, 0.15) is 5.60 Å². The summed E-state index contributed by atoms with van der Waals surface area (Å²) >= 11 is 0. The highest BCUT2D eigenvalue weighted by atomic mass is 16.6. The zero-order valence-electron chi connectivity index (χ0n) is 7.84. The molecular formula is C9H13NO2. The Morgan fingerprint density at radius 2 is 1.92 bits per heavy atom. The van der Waals surface area contributed by atoms with Crippen LogP contribution in [0.25, 0.3) is 0 Å². The van der Waals surface area contributed by atoms with Crippen LogP contribution in [0.3, 0.4) is 0 Å². The smallest absolute Gasteiger partial charge is 0.324 e. The van der Waals surface area contributed by atoms with Crippen molar-refractivity contribution in [2.45, 2.75) is 33.3 Å². The molecule has 0 amide bonds. The fraction of sp³-hybridized carbons (Fsp3) is 0.778. The van der Waals surface area contributed by atoms with Crippen molar-refractivity contribution in [1.82, 2.24) is 0 Å². The summed E-state index contributed by atoms with van der Waals surface area (Å²) in [7, 11) is 0. The number of carbonyl (C=O) groups excluding carboxylic acids is 1. The number of nitrogens with zero attached hydrogens (tertiary/aromatic N) is 1. The van der Waals surface area contributed by atoms with Gasteiger partial charge in [-0.1, -0.05) is 13.8 Å². The van der Waals surface area contributed by atoms with Crippen LogP contribution in [0.2, 0.25) is 0 Å². The number of cyclic esters (lactones) is 1. The van der Waals surface area contributed by atoms with Crippen molar-refractivity contribution in [2.24, 2.45) is 11.3 Å². The number of ether oxygens (including phenoxy) is 1. The second-order valence-corrected chi connectivity index (χ2v) is 4.22. The molecule has 0 aromatic carbocycles. The van der Waals surface area contributed by atoms with Gasteiger partial charge in [0.2, 0.25) is 0 Å². The third-order valence-corrected chi connectivity index (χ3v) is 2.99. The molecule has 1 aliphatic rings. The zero-order chi connectivity index (χ0) is 9.57. The molecule has 66 valence electrons. The van der Waals surface area contributed by atoms with Crippen LogP contribution in [0.5, 0.6) is 0 Å². The van der Waals surface area contributed by atoms with Gasteiger partial charge in [0, 0.05) is 5.41 Å². The van der Waals surface area contributed by atoms with Crippen LogP contribution in [-0.4, -0.2) is 11.6 Å². The van der Waals surface area contributed by atoms with Gasteiger partial charge in [0.25, 0.3) is 0 Å². The summed E-state index contributed by atoms with van der Waals surface area (Å²) in [5.74, 6) is -1.03. The van der Waals surface area contributed by atoms with E-state index >= 15 is 0 Å². The fourth-order valence-corrected chi connectivity index (χ4v) is 1.30. The first-order chi connectivity index (χ1) is 5.33. The highest BCUT2D eigenvalue weighted by Gasteiger charge is 2.56. The largest absolute Gasteiger partial charge is 0.458 e. The Morgan fingerprint density at radius 1 is 1.42 bits per heavy atom. The van der Waals surface area contributed by atoms with Crippen molar-refractivity contribution >= 4 is 5.97 Å². The molecule has 0 unspecified atom stereocenters. The van der Waals surface area contributed by atoms with Gasteiger partial charge < -0.3 is 4.74 Å². The normalized spacial score (nSPS) is 30.9. The third-order valence-electron chi connectivity index (χ3n) is 2.99. The summed E-state index contributed by atoms with van der Waals surface area (Å²) in [6.45, 7) is 7.43. The summed E-state index contributed by atoms with van der Waals surface area (Å²) in [5, 5.41) is 8.75. The van der Waals surface area contributed by atoms with Crippen molar-refractivity contribution in [3.63, 3.8) is 0 Å². The van der Waals surface area contributed by atoms with E-state index < -0.39 is 22.9 Å². The van der Waals surface area contributed by atoms with E-state index in [1.54, 1.807) is 0 Å². The van der Waals surface area contributed by atoms with E-state index in [2.05, 4.69) is 0 Å². The van der Waals surface area contributed by atoms with Crippen LogP contribution in [0.15, 0.2) is 0 Å².